The van der Waals surface area contributed by atoms with Crippen LogP contribution in [0.3, 0.4) is 0 Å². The Hall–Kier alpha value is -2.94. The lowest BCUT2D eigenvalue weighted by Gasteiger charge is -2.10. The number of anilines is 1. The van der Waals surface area contributed by atoms with Gasteiger partial charge in [0.25, 0.3) is 5.69 Å². The van der Waals surface area contributed by atoms with Crippen LogP contribution < -0.4 is 5.32 Å². The number of benzene rings is 2. The second-order valence-electron chi connectivity index (χ2n) is 4.49. The largest absolute Gasteiger partial charge is 0.380 e. The predicted octanol–water partition coefficient (Wildman–Crippen LogP) is 3.53. The summed E-state index contributed by atoms with van der Waals surface area (Å²) in [6, 6.07) is 10.7. The predicted molar refractivity (Wildman–Crippen MR) is 76.3 cm³/mol. The molecule has 0 aliphatic heterocycles. The Morgan fingerprint density at radius 1 is 1.38 bits per heavy atom. The van der Waals surface area contributed by atoms with Crippen LogP contribution >= 0.6 is 0 Å². The summed E-state index contributed by atoms with van der Waals surface area (Å²) in [7, 11) is 0. The molecule has 0 aromatic heterocycles. The van der Waals surface area contributed by atoms with Crippen LogP contribution in [-0.4, -0.2) is 4.92 Å². The molecule has 0 saturated heterocycles. The molecule has 2 aromatic carbocycles. The van der Waals surface area contributed by atoms with Crippen LogP contribution in [0.25, 0.3) is 0 Å². The minimum absolute atomic E-state index is 0.0617. The molecule has 0 bridgehead atoms. The highest BCUT2D eigenvalue weighted by molar-refractivity contribution is 5.61. The summed E-state index contributed by atoms with van der Waals surface area (Å²) >= 11 is 0. The van der Waals surface area contributed by atoms with Crippen molar-refractivity contribution in [3.8, 4) is 6.07 Å². The molecule has 2 aromatic rings. The normalized spacial score (nSPS) is 9.95. The van der Waals surface area contributed by atoms with Gasteiger partial charge in [0.2, 0.25) is 0 Å². The van der Waals surface area contributed by atoms with Crippen molar-refractivity contribution >= 4 is 11.4 Å². The second-order valence-corrected chi connectivity index (χ2v) is 4.49. The van der Waals surface area contributed by atoms with E-state index in [4.69, 9.17) is 5.26 Å². The molecular weight excluding hydrogens is 273 g/mol. The summed E-state index contributed by atoms with van der Waals surface area (Å²) in [4.78, 5) is 10.4. The minimum Gasteiger partial charge on any atom is -0.380 e. The fourth-order valence-corrected chi connectivity index (χ4v) is 2.03. The van der Waals surface area contributed by atoms with E-state index in [1.54, 1.807) is 25.1 Å². The number of nitrogens with zero attached hydrogens (tertiary/aromatic N) is 2. The summed E-state index contributed by atoms with van der Waals surface area (Å²) in [5, 5.41) is 23.0. The molecule has 2 rings (SSSR count). The molecule has 1 N–H and O–H groups in total. The summed E-state index contributed by atoms with van der Waals surface area (Å²) < 4.78 is 13.2. The molecule has 0 fully saturated rings. The maximum atomic E-state index is 13.2. The number of nitrogens with one attached hydrogen (secondary N) is 1. The Balaban J connectivity index is 2.29. The van der Waals surface area contributed by atoms with Crippen molar-refractivity contribution in [2.45, 2.75) is 13.5 Å². The van der Waals surface area contributed by atoms with Crippen LogP contribution in [0.15, 0.2) is 36.4 Å². The van der Waals surface area contributed by atoms with Gasteiger partial charge in [-0.1, -0.05) is 12.1 Å². The second kappa shape index (κ2) is 6.01. The number of nitro benzene ring substituents is 1. The molecule has 0 radical (unpaired) electrons. The zero-order valence-electron chi connectivity index (χ0n) is 11.3. The van der Waals surface area contributed by atoms with Crippen molar-refractivity contribution < 1.29 is 9.31 Å². The SMILES string of the molecule is Cc1cccc(NCc2cc(F)ccc2[N+](=O)[O-])c1C#N. The Morgan fingerprint density at radius 2 is 2.14 bits per heavy atom. The fraction of sp³-hybridized carbons (Fsp3) is 0.133. The van der Waals surface area contributed by atoms with Crippen LogP contribution in [0, 0.1) is 34.2 Å². The van der Waals surface area contributed by atoms with E-state index in [9.17, 15) is 14.5 Å². The van der Waals surface area contributed by atoms with E-state index in [1.807, 2.05) is 0 Å². The van der Waals surface area contributed by atoms with Crippen LogP contribution in [0.4, 0.5) is 15.8 Å². The molecule has 0 aliphatic rings. The Bertz CT molecular complexity index is 738. The average Bonchev–Trinajstić information content (AvgIpc) is 2.44. The van der Waals surface area contributed by atoms with Gasteiger partial charge < -0.3 is 5.32 Å². The van der Waals surface area contributed by atoms with Crippen molar-refractivity contribution in [3.05, 3.63) is 69.0 Å². The van der Waals surface area contributed by atoms with Gasteiger partial charge in [0.15, 0.2) is 0 Å². The highest BCUT2D eigenvalue weighted by Gasteiger charge is 2.14. The Kier molecular flexibility index (Phi) is 4.14. The molecular formula is C15H12FN3O2. The first kappa shape index (κ1) is 14.5. The van der Waals surface area contributed by atoms with Gasteiger partial charge >= 0.3 is 0 Å². The quantitative estimate of drug-likeness (QED) is 0.688. The summed E-state index contributed by atoms with van der Waals surface area (Å²) in [5.74, 6) is -0.540. The van der Waals surface area contributed by atoms with E-state index in [0.29, 0.717) is 11.3 Å². The van der Waals surface area contributed by atoms with Gasteiger partial charge in [-0.2, -0.15) is 5.26 Å². The first-order valence-corrected chi connectivity index (χ1v) is 6.19. The molecule has 6 heteroatoms. The first-order valence-electron chi connectivity index (χ1n) is 6.19. The summed E-state index contributed by atoms with van der Waals surface area (Å²) in [5.41, 5.74) is 1.91. The molecule has 0 unspecified atom stereocenters. The highest BCUT2D eigenvalue weighted by Crippen LogP contribution is 2.23. The number of nitro groups is 1. The molecule has 21 heavy (non-hydrogen) atoms. The lowest BCUT2D eigenvalue weighted by atomic mass is 10.1. The topological polar surface area (TPSA) is 79.0 Å². The van der Waals surface area contributed by atoms with E-state index in [1.165, 1.54) is 0 Å². The van der Waals surface area contributed by atoms with Gasteiger partial charge in [-0.05, 0) is 30.7 Å². The number of aryl methyl sites for hydroxylation is 1. The van der Waals surface area contributed by atoms with Gasteiger partial charge in [0, 0.05) is 12.6 Å². The molecule has 0 amide bonds. The van der Waals surface area contributed by atoms with Crippen molar-refractivity contribution in [2.75, 3.05) is 5.32 Å². The van der Waals surface area contributed by atoms with Crippen LogP contribution in [0.1, 0.15) is 16.7 Å². The van der Waals surface area contributed by atoms with Gasteiger partial charge in [-0.3, -0.25) is 10.1 Å². The highest BCUT2D eigenvalue weighted by atomic mass is 19.1. The smallest absolute Gasteiger partial charge is 0.274 e. The van der Waals surface area contributed by atoms with Crippen molar-refractivity contribution in [1.82, 2.24) is 0 Å². The minimum atomic E-state index is -0.558. The monoisotopic (exact) mass is 285 g/mol. The molecule has 0 aliphatic carbocycles. The number of rotatable bonds is 4. The zero-order valence-corrected chi connectivity index (χ0v) is 11.3. The number of nitriles is 1. The fourth-order valence-electron chi connectivity index (χ4n) is 2.03. The molecule has 106 valence electrons. The van der Waals surface area contributed by atoms with Crippen molar-refractivity contribution in [2.24, 2.45) is 0 Å². The van der Waals surface area contributed by atoms with Crippen LogP contribution in [0.2, 0.25) is 0 Å². The lowest BCUT2D eigenvalue weighted by molar-refractivity contribution is -0.385. The van der Waals surface area contributed by atoms with Gasteiger partial charge in [0.1, 0.15) is 11.9 Å². The van der Waals surface area contributed by atoms with E-state index in [-0.39, 0.29) is 17.8 Å². The third kappa shape index (κ3) is 3.15. The number of hydrogen-bond acceptors (Lipinski definition) is 4. The van der Waals surface area contributed by atoms with Gasteiger partial charge in [0.05, 0.1) is 21.7 Å². The Labute approximate surface area is 120 Å². The Morgan fingerprint density at radius 3 is 2.81 bits per heavy atom. The maximum absolute atomic E-state index is 13.2. The first-order chi connectivity index (χ1) is 10.0. The molecule has 0 heterocycles. The number of halogens is 1. The lowest BCUT2D eigenvalue weighted by Crippen LogP contribution is -2.05. The molecule has 0 spiro atoms. The average molecular weight is 285 g/mol. The van der Waals surface area contributed by atoms with Gasteiger partial charge in [-0.15, -0.1) is 0 Å². The van der Waals surface area contributed by atoms with E-state index in [2.05, 4.69) is 11.4 Å². The summed E-state index contributed by atoms with van der Waals surface area (Å²) in [6.45, 7) is 1.86. The maximum Gasteiger partial charge on any atom is 0.274 e. The van der Waals surface area contributed by atoms with Crippen LogP contribution in [0.5, 0.6) is 0 Å². The standard InChI is InChI=1S/C15H12FN3O2/c1-10-3-2-4-14(13(10)8-17)18-9-11-7-12(16)5-6-15(11)19(20)21/h2-7,18H,9H2,1H3. The zero-order chi connectivity index (χ0) is 15.4. The van der Waals surface area contributed by atoms with E-state index in [0.717, 1.165) is 23.8 Å². The van der Waals surface area contributed by atoms with Crippen molar-refractivity contribution in [1.29, 1.82) is 5.26 Å². The molecule has 0 atom stereocenters. The van der Waals surface area contributed by atoms with E-state index >= 15 is 0 Å². The molecule has 5 nitrogen and oxygen atoms in total. The van der Waals surface area contributed by atoms with Crippen LogP contribution in [-0.2, 0) is 6.54 Å². The van der Waals surface area contributed by atoms with Crippen molar-refractivity contribution in [3.63, 3.8) is 0 Å². The van der Waals surface area contributed by atoms with Gasteiger partial charge in [-0.25, -0.2) is 4.39 Å². The van der Waals surface area contributed by atoms with E-state index < -0.39 is 10.7 Å². The molecule has 0 saturated carbocycles. The third-order valence-electron chi connectivity index (χ3n) is 3.09. The number of hydrogen-bond donors (Lipinski definition) is 1. The summed E-state index contributed by atoms with van der Waals surface area (Å²) in [6.07, 6.45) is 0. The third-order valence-corrected chi connectivity index (χ3v) is 3.09.